The average Bonchev–Trinajstić information content (AvgIpc) is 3.23. The maximum atomic E-state index is 12.9. The summed E-state index contributed by atoms with van der Waals surface area (Å²) in [6.07, 6.45) is 1.67. The predicted molar refractivity (Wildman–Crippen MR) is 102 cm³/mol. The number of sulfonamides is 1. The van der Waals surface area contributed by atoms with Crippen LogP contribution in [0.15, 0.2) is 47.4 Å². The number of carbonyl (C=O) groups is 1. The zero-order valence-electron chi connectivity index (χ0n) is 15.3. The quantitative estimate of drug-likeness (QED) is 0.820. The lowest BCUT2D eigenvalue weighted by Crippen LogP contribution is -2.28. The smallest absolute Gasteiger partial charge is 0.255 e. The van der Waals surface area contributed by atoms with Crippen molar-refractivity contribution in [3.8, 4) is 11.5 Å². The van der Waals surface area contributed by atoms with Crippen molar-refractivity contribution in [3.05, 3.63) is 48.0 Å². The molecule has 0 radical (unpaired) electrons. The van der Waals surface area contributed by atoms with Crippen molar-refractivity contribution in [1.29, 1.82) is 0 Å². The van der Waals surface area contributed by atoms with Crippen LogP contribution in [-0.2, 0) is 10.0 Å². The van der Waals surface area contributed by atoms with Crippen LogP contribution in [0.1, 0.15) is 23.2 Å². The fourth-order valence-electron chi connectivity index (χ4n) is 2.96. The minimum atomic E-state index is -3.71. The van der Waals surface area contributed by atoms with E-state index in [1.54, 1.807) is 37.4 Å². The van der Waals surface area contributed by atoms with E-state index in [0.29, 0.717) is 24.5 Å². The summed E-state index contributed by atoms with van der Waals surface area (Å²) in [6, 6.07) is 11.3. The predicted octanol–water partition coefficient (Wildman–Crippen LogP) is 2.74. The molecule has 2 aromatic rings. The molecular weight excluding hydrogens is 368 g/mol. The Labute approximate surface area is 158 Å². The molecule has 2 aromatic carbocycles. The van der Waals surface area contributed by atoms with Gasteiger partial charge in [-0.25, -0.2) is 8.42 Å². The number of benzene rings is 2. The Kier molecular flexibility index (Phi) is 5.67. The first kappa shape index (κ1) is 19.2. The number of nitrogens with one attached hydrogen (secondary N) is 1. The van der Waals surface area contributed by atoms with E-state index in [4.69, 9.17) is 9.47 Å². The number of anilines is 1. The second kappa shape index (κ2) is 7.98. The Balaban J connectivity index is 1.88. The normalized spacial score (nSPS) is 14.7. The van der Waals surface area contributed by atoms with E-state index in [2.05, 4.69) is 5.32 Å². The average molecular weight is 390 g/mol. The molecule has 144 valence electrons. The number of amides is 1. The molecule has 1 amide bonds. The van der Waals surface area contributed by atoms with E-state index in [9.17, 15) is 13.2 Å². The summed E-state index contributed by atoms with van der Waals surface area (Å²) in [7, 11) is -0.733. The van der Waals surface area contributed by atoms with E-state index in [1.165, 1.54) is 23.5 Å². The van der Waals surface area contributed by atoms with Crippen molar-refractivity contribution in [2.24, 2.45) is 0 Å². The highest BCUT2D eigenvalue weighted by molar-refractivity contribution is 7.89. The summed E-state index contributed by atoms with van der Waals surface area (Å²) in [5.74, 6) is 0.500. The van der Waals surface area contributed by atoms with Crippen LogP contribution in [0.3, 0.4) is 0 Å². The third-order valence-corrected chi connectivity index (χ3v) is 6.38. The number of hydrogen-bond acceptors (Lipinski definition) is 5. The van der Waals surface area contributed by atoms with Gasteiger partial charge in [0.25, 0.3) is 5.91 Å². The van der Waals surface area contributed by atoms with Gasteiger partial charge in [-0.05, 0) is 55.3 Å². The van der Waals surface area contributed by atoms with Gasteiger partial charge in [-0.3, -0.25) is 4.79 Å². The van der Waals surface area contributed by atoms with Gasteiger partial charge in [-0.2, -0.15) is 4.31 Å². The van der Waals surface area contributed by atoms with Gasteiger partial charge in [0.05, 0.1) is 14.2 Å². The highest BCUT2D eigenvalue weighted by Gasteiger charge is 2.30. The zero-order valence-corrected chi connectivity index (χ0v) is 16.1. The summed E-state index contributed by atoms with van der Waals surface area (Å²) in [6.45, 7) is 0.960. The number of ether oxygens (including phenoxy) is 2. The molecule has 0 saturated carbocycles. The Bertz CT molecular complexity index is 920. The first-order valence-corrected chi connectivity index (χ1v) is 10.0. The molecule has 27 heavy (non-hydrogen) atoms. The van der Waals surface area contributed by atoms with Crippen molar-refractivity contribution in [2.75, 3.05) is 32.6 Å². The molecule has 7 nitrogen and oxygen atoms in total. The van der Waals surface area contributed by atoms with Gasteiger partial charge >= 0.3 is 0 Å². The molecule has 8 heteroatoms. The van der Waals surface area contributed by atoms with Crippen LogP contribution in [0.2, 0.25) is 0 Å². The largest absolute Gasteiger partial charge is 0.497 e. The Morgan fingerprint density at radius 3 is 2.26 bits per heavy atom. The molecule has 0 aliphatic carbocycles. The van der Waals surface area contributed by atoms with Crippen molar-refractivity contribution >= 4 is 21.6 Å². The van der Waals surface area contributed by atoms with Gasteiger partial charge in [0, 0.05) is 24.3 Å². The minimum Gasteiger partial charge on any atom is -0.497 e. The van der Waals surface area contributed by atoms with Gasteiger partial charge in [0.2, 0.25) is 10.0 Å². The fourth-order valence-corrected chi connectivity index (χ4v) is 4.66. The lowest BCUT2D eigenvalue weighted by Gasteiger charge is -2.18. The fraction of sp³-hybridized carbons (Fsp3) is 0.316. The number of hydrogen-bond donors (Lipinski definition) is 1. The first-order chi connectivity index (χ1) is 13.0. The van der Waals surface area contributed by atoms with Gasteiger partial charge in [-0.15, -0.1) is 0 Å². The van der Waals surface area contributed by atoms with Gasteiger partial charge in [-0.1, -0.05) is 0 Å². The van der Waals surface area contributed by atoms with Crippen molar-refractivity contribution in [1.82, 2.24) is 4.31 Å². The molecular formula is C19H22N2O5S. The van der Waals surface area contributed by atoms with Crippen LogP contribution in [0.25, 0.3) is 0 Å². The Morgan fingerprint density at radius 2 is 1.67 bits per heavy atom. The Hall–Kier alpha value is -2.58. The number of carbonyl (C=O) groups excluding carboxylic acids is 1. The van der Waals surface area contributed by atoms with Gasteiger partial charge < -0.3 is 14.8 Å². The lowest BCUT2D eigenvalue weighted by atomic mass is 10.2. The maximum Gasteiger partial charge on any atom is 0.255 e. The highest BCUT2D eigenvalue weighted by atomic mass is 32.2. The molecule has 0 bridgehead atoms. The van der Waals surface area contributed by atoms with Crippen LogP contribution in [0, 0.1) is 0 Å². The van der Waals surface area contributed by atoms with Crippen LogP contribution < -0.4 is 14.8 Å². The third-order valence-electron chi connectivity index (χ3n) is 4.46. The van der Waals surface area contributed by atoms with E-state index in [0.717, 1.165) is 12.8 Å². The lowest BCUT2D eigenvalue weighted by molar-refractivity contribution is 0.102. The molecule has 1 aliphatic rings. The summed E-state index contributed by atoms with van der Waals surface area (Å²) >= 11 is 0. The second-order valence-electron chi connectivity index (χ2n) is 6.16. The van der Waals surface area contributed by atoms with E-state index in [1.807, 2.05) is 0 Å². The molecule has 1 N–H and O–H groups in total. The molecule has 3 rings (SSSR count). The first-order valence-electron chi connectivity index (χ1n) is 8.59. The summed E-state index contributed by atoms with van der Waals surface area (Å²) in [5, 5.41) is 2.75. The SMILES string of the molecule is COc1ccc(NC(=O)c2ccc(OC)c(S(=O)(=O)N3CCCC3)c2)cc1. The van der Waals surface area contributed by atoms with Crippen LogP contribution in [0.5, 0.6) is 11.5 Å². The van der Waals surface area contributed by atoms with Crippen LogP contribution >= 0.6 is 0 Å². The third kappa shape index (κ3) is 4.06. The van der Waals surface area contributed by atoms with E-state index in [-0.39, 0.29) is 16.2 Å². The molecule has 0 spiro atoms. The summed E-state index contributed by atoms with van der Waals surface area (Å²) in [4.78, 5) is 12.6. The van der Waals surface area contributed by atoms with Crippen LogP contribution in [-0.4, -0.2) is 45.9 Å². The number of rotatable bonds is 6. The molecule has 0 atom stereocenters. The van der Waals surface area contributed by atoms with Crippen molar-refractivity contribution < 1.29 is 22.7 Å². The minimum absolute atomic E-state index is 0.00859. The number of nitrogens with zero attached hydrogens (tertiary/aromatic N) is 1. The summed E-state index contributed by atoms with van der Waals surface area (Å²) in [5.41, 5.74) is 0.824. The molecule has 1 aliphatic heterocycles. The highest BCUT2D eigenvalue weighted by Crippen LogP contribution is 2.30. The number of methoxy groups -OCH3 is 2. The second-order valence-corrected chi connectivity index (χ2v) is 8.07. The van der Waals surface area contributed by atoms with E-state index < -0.39 is 15.9 Å². The molecule has 0 unspecified atom stereocenters. The maximum absolute atomic E-state index is 12.9. The standard InChI is InChI=1S/C19H22N2O5S/c1-25-16-8-6-15(7-9-16)20-19(22)14-5-10-17(26-2)18(13-14)27(23,24)21-11-3-4-12-21/h5-10,13H,3-4,11-12H2,1-2H3,(H,20,22). The molecule has 1 saturated heterocycles. The zero-order chi connectivity index (χ0) is 19.4. The van der Waals surface area contributed by atoms with Crippen molar-refractivity contribution in [2.45, 2.75) is 17.7 Å². The van der Waals surface area contributed by atoms with E-state index >= 15 is 0 Å². The van der Waals surface area contributed by atoms with Gasteiger partial charge in [0.1, 0.15) is 16.4 Å². The Morgan fingerprint density at radius 1 is 1.00 bits per heavy atom. The topological polar surface area (TPSA) is 84.9 Å². The summed E-state index contributed by atoms with van der Waals surface area (Å²) < 4.78 is 37.6. The van der Waals surface area contributed by atoms with Gasteiger partial charge in [0.15, 0.2) is 0 Å². The monoisotopic (exact) mass is 390 g/mol. The molecule has 1 fully saturated rings. The molecule has 1 heterocycles. The van der Waals surface area contributed by atoms with Crippen LogP contribution in [0.4, 0.5) is 5.69 Å². The molecule has 0 aromatic heterocycles. The van der Waals surface area contributed by atoms with Crippen molar-refractivity contribution in [3.63, 3.8) is 0 Å².